The summed E-state index contributed by atoms with van der Waals surface area (Å²) in [5, 5.41) is 0.394. The smallest absolute Gasteiger partial charge is 0.383 e. The summed E-state index contributed by atoms with van der Waals surface area (Å²) in [5.74, 6) is -2.86. The number of fused-ring (bicyclic) bond motifs is 1. The largest absolute Gasteiger partial charge is 0.484 e. The average Bonchev–Trinajstić information content (AvgIpc) is 2.98. The minimum atomic E-state index is -1.49. The number of ether oxygens (including phenoxy) is 8. The summed E-state index contributed by atoms with van der Waals surface area (Å²) in [5.41, 5.74) is 0.129. The van der Waals surface area contributed by atoms with E-state index in [1.807, 2.05) is 30.3 Å². The Morgan fingerprint density at radius 2 is 1.43 bits per heavy atom. The highest BCUT2D eigenvalue weighted by atomic mass is 16.7. The molecule has 1 saturated heterocycles. The lowest BCUT2D eigenvalue weighted by molar-refractivity contribution is -0.288. The van der Waals surface area contributed by atoms with Gasteiger partial charge >= 0.3 is 29.5 Å². The standard InChI is InChI=1S/C33H36O14/c1-17(2)41-30-27(40-15-22-10-8-7-9-11-22)24-13-12-23(14-25(24)46-32(30)38)45-33-31(44-21(6)37)29(43-20(5)36)28(42-19(4)35)26(47-33)16-39-18(3)34/h7-14,17,26,28-29,31,33H,15-16H2,1-6H3/t26-,28+,29+,31-,33-/m1/s1. The fraction of sp³-hybridized carbons (Fsp3) is 0.424. The molecule has 14 nitrogen and oxygen atoms in total. The summed E-state index contributed by atoms with van der Waals surface area (Å²) in [6.07, 6.45) is -7.29. The Bertz CT molecular complexity index is 1650. The Labute approximate surface area is 269 Å². The van der Waals surface area contributed by atoms with Gasteiger partial charge in [-0.15, -0.1) is 0 Å². The third kappa shape index (κ3) is 9.22. The second-order valence-corrected chi connectivity index (χ2v) is 10.8. The van der Waals surface area contributed by atoms with E-state index in [1.165, 1.54) is 19.1 Å². The molecule has 0 bridgehead atoms. The van der Waals surface area contributed by atoms with E-state index in [0.29, 0.717) is 5.39 Å². The molecule has 1 fully saturated rings. The van der Waals surface area contributed by atoms with Crippen molar-refractivity contribution in [2.75, 3.05) is 6.61 Å². The van der Waals surface area contributed by atoms with Crippen molar-refractivity contribution in [3.63, 3.8) is 0 Å². The number of rotatable bonds is 12. The van der Waals surface area contributed by atoms with Crippen molar-refractivity contribution in [3.05, 3.63) is 64.5 Å². The van der Waals surface area contributed by atoms with E-state index in [-0.39, 0.29) is 35.5 Å². The number of carbonyl (C=O) groups excluding carboxylic acids is 4. The van der Waals surface area contributed by atoms with Crippen LogP contribution in [0.1, 0.15) is 47.1 Å². The van der Waals surface area contributed by atoms with E-state index < -0.39 is 66.8 Å². The molecule has 0 amide bonds. The Morgan fingerprint density at radius 3 is 2.04 bits per heavy atom. The highest BCUT2D eigenvalue weighted by Crippen LogP contribution is 2.37. The van der Waals surface area contributed by atoms with Crippen LogP contribution >= 0.6 is 0 Å². The first-order valence-corrected chi connectivity index (χ1v) is 14.7. The molecule has 3 aromatic rings. The molecule has 5 atom stereocenters. The molecule has 0 aliphatic carbocycles. The maximum Gasteiger partial charge on any atom is 0.383 e. The highest BCUT2D eigenvalue weighted by Gasteiger charge is 2.53. The third-order valence-corrected chi connectivity index (χ3v) is 6.57. The van der Waals surface area contributed by atoms with Crippen molar-refractivity contribution >= 4 is 34.8 Å². The van der Waals surface area contributed by atoms with E-state index in [2.05, 4.69) is 0 Å². The van der Waals surface area contributed by atoms with Crippen LogP contribution in [-0.4, -0.2) is 67.3 Å². The van der Waals surface area contributed by atoms with Crippen molar-refractivity contribution in [2.24, 2.45) is 0 Å². The zero-order valence-corrected chi connectivity index (χ0v) is 26.7. The Hall–Kier alpha value is -5.11. The van der Waals surface area contributed by atoms with E-state index in [4.69, 9.17) is 42.3 Å². The van der Waals surface area contributed by atoms with Gasteiger partial charge < -0.3 is 42.3 Å². The molecule has 2 aromatic carbocycles. The van der Waals surface area contributed by atoms with Gasteiger partial charge in [-0.05, 0) is 31.5 Å². The van der Waals surface area contributed by atoms with Crippen LogP contribution in [0.5, 0.6) is 17.2 Å². The average molecular weight is 657 g/mol. The molecule has 0 unspecified atom stereocenters. The van der Waals surface area contributed by atoms with Gasteiger partial charge in [0.2, 0.25) is 18.1 Å². The molecular formula is C33H36O14. The van der Waals surface area contributed by atoms with E-state index in [0.717, 1.165) is 26.3 Å². The molecular weight excluding hydrogens is 620 g/mol. The first kappa shape index (κ1) is 34.8. The van der Waals surface area contributed by atoms with Crippen molar-refractivity contribution in [2.45, 2.75) is 85.0 Å². The van der Waals surface area contributed by atoms with Crippen LogP contribution in [0.2, 0.25) is 0 Å². The fourth-order valence-electron chi connectivity index (χ4n) is 4.84. The molecule has 1 aliphatic rings. The molecule has 0 saturated carbocycles. The van der Waals surface area contributed by atoms with E-state index >= 15 is 0 Å². The second kappa shape index (κ2) is 15.5. The number of benzene rings is 2. The maximum atomic E-state index is 13.1. The summed E-state index contributed by atoms with van der Waals surface area (Å²) >= 11 is 0. The second-order valence-electron chi connectivity index (χ2n) is 10.8. The van der Waals surface area contributed by atoms with Gasteiger partial charge in [-0.2, -0.15) is 0 Å². The lowest BCUT2D eigenvalue weighted by Gasteiger charge is -2.43. The summed E-state index contributed by atoms with van der Waals surface area (Å²) < 4.78 is 50.9. The van der Waals surface area contributed by atoms with Gasteiger partial charge in [0, 0.05) is 33.8 Å². The Balaban J connectivity index is 1.74. The first-order chi connectivity index (χ1) is 22.3. The normalized spacial score (nSPS) is 20.6. The maximum absolute atomic E-state index is 13.1. The van der Waals surface area contributed by atoms with Crippen LogP contribution in [0.25, 0.3) is 11.0 Å². The van der Waals surface area contributed by atoms with Crippen LogP contribution < -0.4 is 19.8 Å². The number of hydrogen-bond acceptors (Lipinski definition) is 14. The van der Waals surface area contributed by atoms with Gasteiger partial charge in [-0.3, -0.25) is 19.2 Å². The lowest BCUT2D eigenvalue weighted by atomic mass is 9.98. The predicted octanol–water partition coefficient (Wildman–Crippen LogP) is 3.62. The van der Waals surface area contributed by atoms with Gasteiger partial charge in [0.1, 0.15) is 30.7 Å². The van der Waals surface area contributed by atoms with Gasteiger partial charge in [0.25, 0.3) is 0 Å². The monoisotopic (exact) mass is 656 g/mol. The number of esters is 4. The minimum Gasteiger partial charge on any atom is -0.484 e. The molecule has 47 heavy (non-hydrogen) atoms. The van der Waals surface area contributed by atoms with Crippen molar-refractivity contribution in [1.29, 1.82) is 0 Å². The topological polar surface area (TPSA) is 172 Å². The summed E-state index contributed by atoms with van der Waals surface area (Å²) in [7, 11) is 0. The molecule has 0 spiro atoms. The van der Waals surface area contributed by atoms with Crippen LogP contribution in [-0.2, 0) is 49.5 Å². The summed E-state index contributed by atoms with van der Waals surface area (Å²) in [6, 6.07) is 13.8. The van der Waals surface area contributed by atoms with E-state index in [1.54, 1.807) is 19.9 Å². The zero-order valence-electron chi connectivity index (χ0n) is 26.7. The number of carbonyl (C=O) groups is 4. The summed E-state index contributed by atoms with van der Waals surface area (Å²) in [6.45, 7) is 7.75. The molecule has 0 N–H and O–H groups in total. The molecule has 14 heteroatoms. The van der Waals surface area contributed by atoms with Gasteiger partial charge in [0.15, 0.2) is 18.0 Å². The third-order valence-electron chi connectivity index (χ3n) is 6.57. The molecule has 0 radical (unpaired) electrons. The van der Waals surface area contributed by atoms with E-state index in [9.17, 15) is 24.0 Å². The van der Waals surface area contributed by atoms with Crippen molar-refractivity contribution < 1.29 is 61.5 Å². The SMILES string of the molecule is CC(=O)OC[C@H]1O[C@@H](Oc2ccc3c(OCc4ccccc4)c(OC(C)C)c(=O)oc3c2)[C@H](OC(C)=O)[C@@H](OC(C)=O)[C@H]1OC(C)=O. The first-order valence-electron chi connectivity index (χ1n) is 14.7. The summed E-state index contributed by atoms with van der Waals surface area (Å²) in [4.78, 5) is 61.0. The van der Waals surface area contributed by atoms with Crippen LogP contribution in [0, 0.1) is 0 Å². The molecule has 252 valence electrons. The molecule has 4 rings (SSSR count). The molecule has 1 aliphatic heterocycles. The quantitative estimate of drug-likeness (QED) is 0.157. The highest BCUT2D eigenvalue weighted by molar-refractivity contribution is 5.86. The predicted molar refractivity (Wildman–Crippen MR) is 162 cm³/mol. The van der Waals surface area contributed by atoms with Crippen molar-refractivity contribution in [3.8, 4) is 17.2 Å². The van der Waals surface area contributed by atoms with Crippen LogP contribution in [0.15, 0.2) is 57.7 Å². The van der Waals surface area contributed by atoms with Gasteiger partial charge in [0.05, 0.1) is 11.5 Å². The van der Waals surface area contributed by atoms with Crippen LogP contribution in [0.4, 0.5) is 0 Å². The van der Waals surface area contributed by atoms with Crippen LogP contribution in [0.3, 0.4) is 0 Å². The Morgan fingerprint density at radius 1 is 0.787 bits per heavy atom. The molecule has 1 aromatic heterocycles. The fourth-order valence-corrected chi connectivity index (χ4v) is 4.84. The number of hydrogen-bond donors (Lipinski definition) is 0. The lowest BCUT2D eigenvalue weighted by Crippen LogP contribution is -2.63. The zero-order chi connectivity index (χ0) is 34.2. The Kier molecular flexibility index (Phi) is 11.4. The molecule has 2 heterocycles. The van der Waals surface area contributed by atoms with Gasteiger partial charge in [-0.25, -0.2) is 4.79 Å². The van der Waals surface area contributed by atoms with Crippen molar-refractivity contribution in [1.82, 2.24) is 0 Å². The van der Waals surface area contributed by atoms with Gasteiger partial charge in [-0.1, -0.05) is 30.3 Å². The minimum absolute atomic E-state index is 0.0669.